The predicted octanol–water partition coefficient (Wildman–Crippen LogP) is 2.31. The summed E-state index contributed by atoms with van der Waals surface area (Å²) in [5, 5.41) is 9.26. The van der Waals surface area contributed by atoms with E-state index in [1.807, 2.05) is 6.07 Å². The van der Waals surface area contributed by atoms with E-state index in [1.54, 1.807) is 37.4 Å². The van der Waals surface area contributed by atoms with Gasteiger partial charge in [0, 0.05) is 19.2 Å². The van der Waals surface area contributed by atoms with Crippen molar-refractivity contribution in [3.8, 4) is 11.5 Å². The summed E-state index contributed by atoms with van der Waals surface area (Å²) in [6.45, 7) is 1.87. The first-order valence-corrected chi connectivity index (χ1v) is 8.72. The summed E-state index contributed by atoms with van der Waals surface area (Å²) in [7, 11) is 0. The summed E-state index contributed by atoms with van der Waals surface area (Å²) in [4.78, 5) is 34.5. The number of carbonyl (C=O) groups excluding carboxylic acids is 2. The number of H-pyrrole nitrogens is 1. The monoisotopic (exact) mass is 380 g/mol. The second-order valence-electron chi connectivity index (χ2n) is 6.57. The lowest BCUT2D eigenvalue weighted by atomic mass is 10.1. The topological polar surface area (TPSA) is 104 Å². The number of rotatable bonds is 4. The number of halogens is 1. The van der Waals surface area contributed by atoms with Gasteiger partial charge in [-0.2, -0.15) is 4.98 Å². The summed E-state index contributed by atoms with van der Waals surface area (Å²) >= 11 is 0. The number of hydrogen-bond donors (Lipinski definition) is 2. The summed E-state index contributed by atoms with van der Waals surface area (Å²) in [5.41, 5.74) is 1.53. The Morgan fingerprint density at radius 3 is 2.93 bits per heavy atom. The number of pyridine rings is 1. The number of anilines is 2. The van der Waals surface area contributed by atoms with Gasteiger partial charge in [0.1, 0.15) is 11.5 Å². The van der Waals surface area contributed by atoms with Crippen LogP contribution in [0.15, 0.2) is 42.6 Å². The number of aryl methyl sites for hydroxylation is 1. The van der Waals surface area contributed by atoms with Crippen LogP contribution in [0.25, 0.3) is 11.5 Å². The van der Waals surface area contributed by atoms with Crippen molar-refractivity contribution in [1.29, 1.82) is 0 Å². The lowest BCUT2D eigenvalue weighted by Crippen LogP contribution is -2.29. The fourth-order valence-corrected chi connectivity index (χ4v) is 3.09. The molecule has 28 heavy (non-hydrogen) atoms. The molecule has 9 heteroatoms. The minimum atomic E-state index is -0.620. The van der Waals surface area contributed by atoms with Crippen LogP contribution in [0.4, 0.5) is 16.0 Å². The van der Waals surface area contributed by atoms with E-state index in [0.717, 1.165) is 5.56 Å². The standard InChI is InChI=1S/C19H17FN6O2/c1-11-5-6-15(13(20)8-11)26-10-12(9-16(26)27)18(28)23-19-22-17(24-25-19)14-4-2-3-7-21-14/h2-8,12H,9-10H2,1H3,(H2,22,23,24,25,28). The fourth-order valence-electron chi connectivity index (χ4n) is 3.09. The SMILES string of the molecule is Cc1ccc(N2CC(C(=O)Nc3n[nH]c(-c4ccccn4)n3)CC2=O)c(F)c1. The van der Waals surface area contributed by atoms with Crippen LogP contribution >= 0.6 is 0 Å². The highest BCUT2D eigenvalue weighted by Gasteiger charge is 2.36. The van der Waals surface area contributed by atoms with Crippen molar-refractivity contribution < 1.29 is 14.0 Å². The van der Waals surface area contributed by atoms with Gasteiger partial charge < -0.3 is 4.90 Å². The Balaban J connectivity index is 1.45. The molecule has 0 aliphatic carbocycles. The lowest BCUT2D eigenvalue weighted by Gasteiger charge is -2.17. The highest BCUT2D eigenvalue weighted by Crippen LogP contribution is 2.28. The first kappa shape index (κ1) is 17.8. The van der Waals surface area contributed by atoms with Gasteiger partial charge in [-0.3, -0.25) is 25.0 Å². The number of hydrogen-bond acceptors (Lipinski definition) is 5. The molecular formula is C19H17FN6O2. The smallest absolute Gasteiger partial charge is 0.249 e. The summed E-state index contributed by atoms with van der Waals surface area (Å²) in [5.74, 6) is -1.28. The van der Waals surface area contributed by atoms with Crippen molar-refractivity contribution in [3.05, 3.63) is 54.0 Å². The zero-order chi connectivity index (χ0) is 19.7. The molecule has 2 aromatic heterocycles. The van der Waals surface area contributed by atoms with Crippen LogP contribution in [-0.2, 0) is 9.59 Å². The normalized spacial score (nSPS) is 16.4. The molecule has 2 N–H and O–H groups in total. The first-order valence-electron chi connectivity index (χ1n) is 8.72. The van der Waals surface area contributed by atoms with Gasteiger partial charge in [-0.25, -0.2) is 4.39 Å². The Kier molecular flexibility index (Phi) is 4.56. The molecule has 142 valence electrons. The van der Waals surface area contributed by atoms with Crippen molar-refractivity contribution in [3.63, 3.8) is 0 Å². The summed E-state index contributed by atoms with van der Waals surface area (Å²) in [6, 6.07) is 10.00. The van der Waals surface area contributed by atoms with Crippen LogP contribution in [0.1, 0.15) is 12.0 Å². The molecule has 0 saturated carbocycles. The molecule has 1 unspecified atom stereocenters. The summed E-state index contributed by atoms with van der Waals surface area (Å²) in [6.07, 6.45) is 1.62. The molecule has 3 aromatic rings. The molecule has 0 spiro atoms. The maximum absolute atomic E-state index is 14.2. The van der Waals surface area contributed by atoms with Crippen molar-refractivity contribution >= 4 is 23.5 Å². The van der Waals surface area contributed by atoms with Crippen molar-refractivity contribution in [1.82, 2.24) is 20.2 Å². The molecule has 1 atom stereocenters. The maximum atomic E-state index is 14.2. The van der Waals surface area contributed by atoms with Crippen LogP contribution in [0, 0.1) is 18.7 Å². The predicted molar refractivity (Wildman–Crippen MR) is 99.8 cm³/mol. The van der Waals surface area contributed by atoms with Crippen molar-refractivity contribution in [2.24, 2.45) is 5.92 Å². The zero-order valence-electron chi connectivity index (χ0n) is 15.0. The molecule has 0 bridgehead atoms. The Morgan fingerprint density at radius 2 is 2.18 bits per heavy atom. The molecule has 0 radical (unpaired) electrons. The van der Waals surface area contributed by atoms with E-state index < -0.39 is 17.6 Å². The maximum Gasteiger partial charge on any atom is 0.249 e. The van der Waals surface area contributed by atoms with Gasteiger partial charge in [0.25, 0.3) is 0 Å². The highest BCUT2D eigenvalue weighted by atomic mass is 19.1. The molecule has 1 fully saturated rings. The average Bonchev–Trinajstić information content (AvgIpc) is 3.29. The van der Waals surface area contributed by atoms with Crippen LogP contribution in [0.5, 0.6) is 0 Å². The minimum absolute atomic E-state index is 0.00330. The molecule has 1 saturated heterocycles. The Bertz CT molecular complexity index is 1040. The number of amides is 2. The summed E-state index contributed by atoms with van der Waals surface area (Å²) < 4.78 is 14.2. The molecule has 4 rings (SSSR count). The van der Waals surface area contributed by atoms with E-state index in [4.69, 9.17) is 0 Å². The van der Waals surface area contributed by atoms with Gasteiger partial charge in [-0.15, -0.1) is 5.10 Å². The van der Waals surface area contributed by atoms with E-state index in [9.17, 15) is 14.0 Å². The van der Waals surface area contributed by atoms with Gasteiger partial charge in [0.2, 0.25) is 17.8 Å². The van der Waals surface area contributed by atoms with Gasteiger partial charge in [0.15, 0.2) is 5.82 Å². The third kappa shape index (κ3) is 3.46. The van der Waals surface area contributed by atoms with Gasteiger partial charge in [-0.1, -0.05) is 12.1 Å². The van der Waals surface area contributed by atoms with Crippen LogP contribution in [0.3, 0.4) is 0 Å². The second kappa shape index (κ2) is 7.18. The van der Waals surface area contributed by atoms with Crippen LogP contribution < -0.4 is 10.2 Å². The van der Waals surface area contributed by atoms with Crippen molar-refractivity contribution in [2.75, 3.05) is 16.8 Å². The molecule has 3 heterocycles. The molecular weight excluding hydrogens is 363 g/mol. The highest BCUT2D eigenvalue weighted by molar-refractivity contribution is 6.03. The average molecular weight is 380 g/mol. The Morgan fingerprint density at radius 1 is 1.32 bits per heavy atom. The van der Waals surface area contributed by atoms with E-state index in [-0.39, 0.29) is 30.5 Å². The largest absolute Gasteiger partial charge is 0.309 e. The Hall–Kier alpha value is -3.62. The quantitative estimate of drug-likeness (QED) is 0.723. The van der Waals surface area contributed by atoms with E-state index in [1.165, 1.54) is 11.0 Å². The molecule has 8 nitrogen and oxygen atoms in total. The third-order valence-electron chi connectivity index (χ3n) is 4.52. The van der Waals surface area contributed by atoms with E-state index >= 15 is 0 Å². The van der Waals surface area contributed by atoms with Gasteiger partial charge in [-0.05, 0) is 36.8 Å². The van der Waals surface area contributed by atoms with Crippen LogP contribution in [-0.4, -0.2) is 38.5 Å². The number of aromatic amines is 1. The fraction of sp³-hybridized carbons (Fsp3) is 0.211. The second-order valence-corrected chi connectivity index (χ2v) is 6.57. The number of carbonyl (C=O) groups is 2. The van der Waals surface area contributed by atoms with E-state index in [0.29, 0.717) is 11.5 Å². The molecule has 1 aliphatic heterocycles. The van der Waals surface area contributed by atoms with Gasteiger partial charge >= 0.3 is 0 Å². The lowest BCUT2D eigenvalue weighted by molar-refractivity contribution is -0.122. The number of aromatic nitrogens is 4. The third-order valence-corrected chi connectivity index (χ3v) is 4.52. The molecule has 1 aliphatic rings. The van der Waals surface area contributed by atoms with Gasteiger partial charge in [0.05, 0.1) is 11.6 Å². The number of nitrogens with zero attached hydrogens (tertiary/aromatic N) is 4. The molecule has 2 amide bonds. The van der Waals surface area contributed by atoms with Crippen LogP contribution in [0.2, 0.25) is 0 Å². The minimum Gasteiger partial charge on any atom is -0.309 e. The van der Waals surface area contributed by atoms with Crippen molar-refractivity contribution in [2.45, 2.75) is 13.3 Å². The first-order chi connectivity index (χ1) is 13.5. The number of benzene rings is 1. The number of nitrogens with one attached hydrogen (secondary N) is 2. The Labute approximate surface area is 159 Å². The zero-order valence-corrected chi connectivity index (χ0v) is 15.0. The molecule has 1 aromatic carbocycles. The van der Waals surface area contributed by atoms with E-state index in [2.05, 4.69) is 25.5 Å².